The molecule has 0 radical (unpaired) electrons. The van der Waals surface area contributed by atoms with Crippen LogP contribution in [0, 0.1) is 0 Å². The van der Waals surface area contributed by atoms with Crippen molar-refractivity contribution < 1.29 is 9.47 Å². The number of rotatable bonds is 5. The van der Waals surface area contributed by atoms with Crippen LogP contribution in [0.3, 0.4) is 0 Å². The topological polar surface area (TPSA) is 44.5 Å². The molecule has 1 aromatic carbocycles. The van der Waals surface area contributed by atoms with Crippen molar-refractivity contribution in [3.8, 4) is 0 Å². The largest absolute Gasteiger partial charge is 0.379 e. The second-order valence-electron chi connectivity index (χ2n) is 5.25. The van der Waals surface area contributed by atoms with Gasteiger partial charge in [0.15, 0.2) is 0 Å². The first kappa shape index (κ1) is 13.5. The fourth-order valence-corrected chi connectivity index (χ4v) is 2.11. The van der Waals surface area contributed by atoms with Crippen LogP contribution < -0.4 is 5.73 Å². The van der Waals surface area contributed by atoms with E-state index in [1.54, 1.807) is 0 Å². The summed E-state index contributed by atoms with van der Waals surface area (Å²) in [5.41, 5.74) is 8.61. The summed E-state index contributed by atoms with van der Waals surface area (Å²) in [6.07, 6.45) is 1.21. The summed E-state index contributed by atoms with van der Waals surface area (Å²) in [6, 6.07) is 8.46. The third kappa shape index (κ3) is 3.55. The third-order valence-corrected chi connectivity index (χ3v) is 3.43. The molecule has 1 heterocycles. The lowest BCUT2D eigenvalue weighted by Gasteiger charge is -2.16. The van der Waals surface area contributed by atoms with E-state index in [0.717, 1.165) is 18.6 Å². The van der Waals surface area contributed by atoms with Gasteiger partial charge in [-0.3, -0.25) is 0 Å². The van der Waals surface area contributed by atoms with Crippen molar-refractivity contribution in [2.75, 3.05) is 19.8 Å². The Morgan fingerprint density at radius 3 is 2.50 bits per heavy atom. The Hall–Kier alpha value is -0.900. The Morgan fingerprint density at radius 1 is 1.28 bits per heavy atom. The summed E-state index contributed by atoms with van der Waals surface area (Å²) in [4.78, 5) is 0. The van der Waals surface area contributed by atoms with Crippen LogP contribution in [0.15, 0.2) is 24.3 Å². The number of hydrogen-bond donors (Lipinski definition) is 1. The molecule has 2 N–H and O–H groups in total. The van der Waals surface area contributed by atoms with Gasteiger partial charge < -0.3 is 15.2 Å². The van der Waals surface area contributed by atoms with E-state index in [-0.39, 0.29) is 12.1 Å². The molecule has 0 bridgehead atoms. The molecule has 0 amide bonds. The van der Waals surface area contributed by atoms with Crippen LogP contribution in [0.25, 0.3) is 0 Å². The first-order valence-corrected chi connectivity index (χ1v) is 6.71. The van der Waals surface area contributed by atoms with Crippen LogP contribution in [0.2, 0.25) is 0 Å². The van der Waals surface area contributed by atoms with Crippen molar-refractivity contribution in [1.82, 2.24) is 0 Å². The molecule has 1 aromatic rings. The van der Waals surface area contributed by atoms with Gasteiger partial charge in [0.1, 0.15) is 0 Å². The molecular weight excluding hydrogens is 226 g/mol. The number of ether oxygens (including phenoxy) is 2. The van der Waals surface area contributed by atoms with Crippen molar-refractivity contribution in [3.05, 3.63) is 35.4 Å². The van der Waals surface area contributed by atoms with E-state index in [0.29, 0.717) is 19.1 Å². The lowest BCUT2D eigenvalue weighted by atomic mass is 9.99. The van der Waals surface area contributed by atoms with E-state index < -0.39 is 0 Å². The van der Waals surface area contributed by atoms with Gasteiger partial charge in [-0.1, -0.05) is 38.1 Å². The van der Waals surface area contributed by atoms with Gasteiger partial charge in [0.2, 0.25) is 0 Å². The van der Waals surface area contributed by atoms with E-state index in [1.807, 2.05) is 0 Å². The molecule has 1 fully saturated rings. The van der Waals surface area contributed by atoms with Crippen molar-refractivity contribution in [2.45, 2.75) is 38.3 Å². The maximum atomic E-state index is 6.13. The predicted molar refractivity (Wildman–Crippen MR) is 72.6 cm³/mol. The zero-order valence-corrected chi connectivity index (χ0v) is 11.3. The van der Waals surface area contributed by atoms with Crippen LogP contribution in [0.5, 0.6) is 0 Å². The summed E-state index contributed by atoms with van der Waals surface area (Å²) in [5, 5.41) is 0. The van der Waals surface area contributed by atoms with Crippen molar-refractivity contribution in [1.29, 1.82) is 0 Å². The highest BCUT2D eigenvalue weighted by Crippen LogP contribution is 2.19. The zero-order valence-electron chi connectivity index (χ0n) is 11.3. The Balaban J connectivity index is 1.85. The fraction of sp³-hybridized carbons (Fsp3) is 0.600. The molecule has 3 heteroatoms. The molecule has 100 valence electrons. The smallest absolute Gasteiger partial charge is 0.0831 e. The van der Waals surface area contributed by atoms with Crippen molar-refractivity contribution >= 4 is 0 Å². The second-order valence-corrected chi connectivity index (χ2v) is 5.25. The Bertz CT molecular complexity index is 355. The number of nitrogens with two attached hydrogens (primary N) is 1. The van der Waals surface area contributed by atoms with Gasteiger partial charge in [0.05, 0.1) is 25.4 Å². The summed E-state index contributed by atoms with van der Waals surface area (Å²) in [5.74, 6) is 0.558. The minimum atomic E-state index is -0.0492. The van der Waals surface area contributed by atoms with Crippen LogP contribution in [0.1, 0.15) is 43.4 Å². The summed E-state index contributed by atoms with van der Waals surface area (Å²) in [7, 11) is 0. The summed E-state index contributed by atoms with van der Waals surface area (Å²) < 4.78 is 11.0. The van der Waals surface area contributed by atoms with E-state index in [9.17, 15) is 0 Å². The molecule has 2 rings (SSSR count). The van der Waals surface area contributed by atoms with Crippen LogP contribution >= 0.6 is 0 Å². The molecule has 1 aliphatic rings. The number of benzene rings is 1. The molecule has 0 spiro atoms. The molecular formula is C15H23NO2. The van der Waals surface area contributed by atoms with E-state index in [1.165, 1.54) is 5.56 Å². The molecule has 3 nitrogen and oxygen atoms in total. The first-order chi connectivity index (χ1) is 8.66. The first-order valence-electron chi connectivity index (χ1n) is 6.71. The van der Waals surface area contributed by atoms with Gasteiger partial charge >= 0.3 is 0 Å². The SMILES string of the molecule is CC(C)c1ccc(C(N)COC2CCOC2)cc1. The molecule has 0 saturated carbocycles. The van der Waals surface area contributed by atoms with E-state index >= 15 is 0 Å². The van der Waals surface area contributed by atoms with Crippen LogP contribution in [-0.4, -0.2) is 25.9 Å². The Labute approximate surface area is 109 Å². The van der Waals surface area contributed by atoms with Gasteiger partial charge in [-0.05, 0) is 23.5 Å². The highest BCUT2D eigenvalue weighted by Gasteiger charge is 2.17. The highest BCUT2D eigenvalue weighted by atomic mass is 16.5. The van der Waals surface area contributed by atoms with Gasteiger partial charge in [0, 0.05) is 6.61 Å². The van der Waals surface area contributed by atoms with Crippen molar-refractivity contribution in [2.24, 2.45) is 5.73 Å². The average Bonchev–Trinajstić information content (AvgIpc) is 2.89. The average molecular weight is 249 g/mol. The number of hydrogen-bond acceptors (Lipinski definition) is 3. The molecule has 1 saturated heterocycles. The second kappa shape index (κ2) is 6.32. The Kier molecular flexibility index (Phi) is 4.75. The van der Waals surface area contributed by atoms with Gasteiger partial charge in [-0.2, -0.15) is 0 Å². The third-order valence-electron chi connectivity index (χ3n) is 3.43. The van der Waals surface area contributed by atoms with E-state index in [2.05, 4.69) is 38.1 Å². The van der Waals surface area contributed by atoms with Gasteiger partial charge in [-0.25, -0.2) is 0 Å². The summed E-state index contributed by atoms with van der Waals surface area (Å²) >= 11 is 0. The molecule has 0 aromatic heterocycles. The molecule has 2 unspecified atom stereocenters. The molecule has 0 aliphatic carbocycles. The minimum absolute atomic E-state index is 0.0492. The molecule has 2 atom stereocenters. The minimum Gasteiger partial charge on any atom is -0.379 e. The zero-order chi connectivity index (χ0) is 13.0. The van der Waals surface area contributed by atoms with Gasteiger partial charge in [-0.15, -0.1) is 0 Å². The normalized spacial score (nSPS) is 21.4. The monoisotopic (exact) mass is 249 g/mol. The lowest BCUT2D eigenvalue weighted by Crippen LogP contribution is -2.22. The predicted octanol–water partition coefficient (Wildman–Crippen LogP) is 2.62. The molecule has 1 aliphatic heterocycles. The highest BCUT2D eigenvalue weighted by molar-refractivity contribution is 5.26. The van der Waals surface area contributed by atoms with Crippen LogP contribution in [0.4, 0.5) is 0 Å². The van der Waals surface area contributed by atoms with Gasteiger partial charge in [0.25, 0.3) is 0 Å². The maximum absolute atomic E-state index is 6.13. The fourth-order valence-electron chi connectivity index (χ4n) is 2.11. The quantitative estimate of drug-likeness (QED) is 0.872. The standard InChI is InChI=1S/C15H23NO2/c1-11(2)12-3-5-13(6-4-12)15(16)10-18-14-7-8-17-9-14/h3-6,11,14-15H,7-10,16H2,1-2H3. The Morgan fingerprint density at radius 2 is 1.94 bits per heavy atom. The summed E-state index contributed by atoms with van der Waals surface area (Å²) in [6.45, 7) is 6.47. The van der Waals surface area contributed by atoms with Crippen molar-refractivity contribution in [3.63, 3.8) is 0 Å². The van der Waals surface area contributed by atoms with Crippen LogP contribution in [-0.2, 0) is 9.47 Å². The lowest BCUT2D eigenvalue weighted by molar-refractivity contribution is 0.0349. The maximum Gasteiger partial charge on any atom is 0.0831 e. The molecule has 18 heavy (non-hydrogen) atoms. The van der Waals surface area contributed by atoms with E-state index in [4.69, 9.17) is 15.2 Å².